The van der Waals surface area contributed by atoms with Crippen LogP contribution in [0.25, 0.3) is 0 Å². The van der Waals surface area contributed by atoms with Crippen molar-refractivity contribution in [2.45, 2.75) is 45.6 Å². The van der Waals surface area contributed by atoms with E-state index in [1.165, 1.54) is 24.9 Å². The van der Waals surface area contributed by atoms with Crippen LogP contribution in [0.15, 0.2) is 48.5 Å². The molecule has 0 spiro atoms. The van der Waals surface area contributed by atoms with Crippen LogP contribution in [-0.2, 0) is 4.79 Å². The van der Waals surface area contributed by atoms with Crippen molar-refractivity contribution in [2.75, 3.05) is 23.3 Å². The van der Waals surface area contributed by atoms with Crippen molar-refractivity contribution >= 4 is 17.3 Å². The third-order valence-corrected chi connectivity index (χ3v) is 4.79. The molecule has 1 saturated heterocycles. The monoisotopic (exact) mass is 352 g/mol. The van der Waals surface area contributed by atoms with E-state index in [2.05, 4.69) is 22.3 Å². The number of aryl methyl sites for hydroxylation is 1. The van der Waals surface area contributed by atoms with E-state index in [-0.39, 0.29) is 5.91 Å². The number of hydrogen-bond acceptors (Lipinski definition) is 3. The van der Waals surface area contributed by atoms with E-state index in [1.807, 2.05) is 50.2 Å². The van der Waals surface area contributed by atoms with Crippen LogP contribution in [0.3, 0.4) is 0 Å². The molecule has 4 heteroatoms. The second-order valence-electron chi connectivity index (χ2n) is 6.92. The van der Waals surface area contributed by atoms with E-state index in [1.54, 1.807) is 0 Å². The van der Waals surface area contributed by atoms with Crippen molar-refractivity contribution < 1.29 is 9.53 Å². The first kappa shape index (κ1) is 18.3. The molecule has 2 aromatic rings. The molecule has 1 heterocycles. The molecular formula is C22H28N2O2. The lowest BCUT2D eigenvalue weighted by atomic mass is 10.1. The Morgan fingerprint density at radius 1 is 1.12 bits per heavy atom. The van der Waals surface area contributed by atoms with E-state index < -0.39 is 6.10 Å². The Kier molecular flexibility index (Phi) is 6.16. The van der Waals surface area contributed by atoms with Gasteiger partial charge in [0.2, 0.25) is 0 Å². The smallest absolute Gasteiger partial charge is 0.265 e. The fraction of sp³-hybridized carbons (Fsp3) is 0.409. The molecule has 4 nitrogen and oxygen atoms in total. The number of carbonyl (C=O) groups excluding carboxylic acids is 1. The minimum absolute atomic E-state index is 0.111. The molecule has 0 aliphatic carbocycles. The molecule has 0 aromatic heterocycles. The molecule has 0 saturated carbocycles. The maximum Gasteiger partial charge on any atom is 0.265 e. The van der Waals surface area contributed by atoms with Crippen molar-refractivity contribution in [3.05, 3.63) is 54.1 Å². The Bertz CT molecular complexity index is 721. The fourth-order valence-corrected chi connectivity index (χ4v) is 3.31. The van der Waals surface area contributed by atoms with Gasteiger partial charge in [0.1, 0.15) is 5.75 Å². The SMILES string of the molecule is CC[C@@H](Oc1cccc(C)c1)C(=O)Nc1ccc(N2CCCCC2)cc1. The molecule has 0 radical (unpaired) electrons. The highest BCUT2D eigenvalue weighted by Gasteiger charge is 2.19. The number of anilines is 2. The second kappa shape index (κ2) is 8.75. The molecule has 2 aromatic carbocycles. The van der Waals surface area contributed by atoms with Crippen molar-refractivity contribution in [1.82, 2.24) is 0 Å². The maximum atomic E-state index is 12.6. The Hall–Kier alpha value is -2.49. The number of amides is 1. The molecule has 1 atom stereocenters. The minimum atomic E-state index is -0.501. The Morgan fingerprint density at radius 3 is 2.50 bits per heavy atom. The van der Waals surface area contributed by atoms with Crippen LogP contribution < -0.4 is 15.0 Å². The topological polar surface area (TPSA) is 41.6 Å². The molecule has 1 fully saturated rings. The van der Waals surface area contributed by atoms with Crippen LogP contribution in [0.5, 0.6) is 5.75 Å². The fourth-order valence-electron chi connectivity index (χ4n) is 3.31. The van der Waals surface area contributed by atoms with Gasteiger partial charge in [-0.05, 0) is 74.6 Å². The molecule has 1 aliphatic rings. The number of carbonyl (C=O) groups is 1. The normalized spacial score (nSPS) is 15.4. The third kappa shape index (κ3) is 4.78. The second-order valence-corrected chi connectivity index (χ2v) is 6.92. The maximum absolute atomic E-state index is 12.6. The minimum Gasteiger partial charge on any atom is -0.481 e. The number of piperidine rings is 1. The van der Waals surface area contributed by atoms with E-state index in [4.69, 9.17) is 4.74 Å². The van der Waals surface area contributed by atoms with Gasteiger partial charge in [-0.2, -0.15) is 0 Å². The summed E-state index contributed by atoms with van der Waals surface area (Å²) in [4.78, 5) is 15.0. The first-order valence-electron chi connectivity index (χ1n) is 9.55. The average Bonchev–Trinajstić information content (AvgIpc) is 2.67. The molecule has 0 bridgehead atoms. The van der Waals surface area contributed by atoms with Gasteiger partial charge >= 0.3 is 0 Å². The summed E-state index contributed by atoms with van der Waals surface area (Å²) in [5, 5.41) is 2.98. The lowest BCUT2D eigenvalue weighted by Gasteiger charge is -2.28. The van der Waals surface area contributed by atoms with Crippen LogP contribution in [0.1, 0.15) is 38.2 Å². The zero-order valence-corrected chi connectivity index (χ0v) is 15.7. The van der Waals surface area contributed by atoms with Gasteiger partial charge in [-0.1, -0.05) is 19.1 Å². The highest BCUT2D eigenvalue weighted by molar-refractivity contribution is 5.94. The summed E-state index contributed by atoms with van der Waals surface area (Å²) in [6.45, 7) is 6.21. The number of hydrogen-bond donors (Lipinski definition) is 1. The molecule has 138 valence electrons. The van der Waals surface area contributed by atoms with Gasteiger partial charge in [-0.25, -0.2) is 0 Å². The number of nitrogens with one attached hydrogen (secondary N) is 1. The third-order valence-electron chi connectivity index (χ3n) is 4.79. The average molecular weight is 352 g/mol. The summed E-state index contributed by atoms with van der Waals surface area (Å²) in [5.74, 6) is 0.618. The van der Waals surface area contributed by atoms with Crippen molar-refractivity contribution in [2.24, 2.45) is 0 Å². The van der Waals surface area contributed by atoms with E-state index in [0.717, 1.165) is 30.1 Å². The van der Waals surface area contributed by atoms with Gasteiger partial charge in [0, 0.05) is 24.5 Å². The van der Waals surface area contributed by atoms with Crippen LogP contribution in [0.4, 0.5) is 11.4 Å². The molecule has 3 rings (SSSR count). The van der Waals surface area contributed by atoms with Crippen molar-refractivity contribution in [3.63, 3.8) is 0 Å². The molecule has 0 unspecified atom stereocenters. The van der Waals surface area contributed by atoms with Gasteiger partial charge in [0.15, 0.2) is 6.10 Å². The number of rotatable bonds is 6. The lowest BCUT2D eigenvalue weighted by Crippen LogP contribution is -2.32. The first-order chi connectivity index (χ1) is 12.7. The zero-order chi connectivity index (χ0) is 18.4. The Morgan fingerprint density at radius 2 is 1.85 bits per heavy atom. The summed E-state index contributed by atoms with van der Waals surface area (Å²) in [6.07, 6.45) is 3.95. The quantitative estimate of drug-likeness (QED) is 0.813. The largest absolute Gasteiger partial charge is 0.481 e. The van der Waals surface area contributed by atoms with E-state index in [0.29, 0.717) is 6.42 Å². The molecular weight excluding hydrogens is 324 g/mol. The Balaban J connectivity index is 1.60. The van der Waals surface area contributed by atoms with E-state index >= 15 is 0 Å². The molecule has 26 heavy (non-hydrogen) atoms. The van der Waals surface area contributed by atoms with Crippen molar-refractivity contribution in [3.8, 4) is 5.75 Å². The first-order valence-corrected chi connectivity index (χ1v) is 9.55. The number of nitrogens with zero attached hydrogens (tertiary/aromatic N) is 1. The van der Waals surface area contributed by atoms with Gasteiger partial charge in [0.25, 0.3) is 5.91 Å². The Labute approximate surface area is 156 Å². The predicted molar refractivity (Wildman–Crippen MR) is 107 cm³/mol. The molecule has 1 N–H and O–H groups in total. The molecule has 1 amide bonds. The van der Waals surface area contributed by atoms with Gasteiger partial charge in [-0.15, -0.1) is 0 Å². The summed E-state index contributed by atoms with van der Waals surface area (Å²) in [7, 11) is 0. The highest BCUT2D eigenvalue weighted by atomic mass is 16.5. The highest BCUT2D eigenvalue weighted by Crippen LogP contribution is 2.22. The van der Waals surface area contributed by atoms with Crippen LogP contribution in [-0.4, -0.2) is 25.1 Å². The van der Waals surface area contributed by atoms with Crippen LogP contribution in [0, 0.1) is 6.92 Å². The van der Waals surface area contributed by atoms with E-state index in [9.17, 15) is 4.79 Å². The summed E-state index contributed by atoms with van der Waals surface area (Å²) < 4.78 is 5.88. The standard InChI is InChI=1S/C22H28N2O2/c1-3-21(26-20-9-7-8-17(2)16-20)22(25)23-18-10-12-19(13-11-18)24-14-5-4-6-15-24/h7-13,16,21H,3-6,14-15H2,1-2H3,(H,23,25)/t21-/m1/s1. The van der Waals surface area contributed by atoms with Gasteiger partial charge < -0.3 is 15.0 Å². The summed E-state index contributed by atoms with van der Waals surface area (Å²) >= 11 is 0. The van der Waals surface area contributed by atoms with Gasteiger partial charge in [-0.3, -0.25) is 4.79 Å². The number of benzene rings is 2. The molecule has 1 aliphatic heterocycles. The predicted octanol–water partition coefficient (Wildman–Crippen LogP) is 4.78. The number of ether oxygens (including phenoxy) is 1. The van der Waals surface area contributed by atoms with Crippen LogP contribution in [0.2, 0.25) is 0 Å². The summed E-state index contributed by atoms with van der Waals surface area (Å²) in [6, 6.07) is 15.9. The summed E-state index contributed by atoms with van der Waals surface area (Å²) in [5.41, 5.74) is 3.15. The van der Waals surface area contributed by atoms with Crippen molar-refractivity contribution in [1.29, 1.82) is 0 Å². The van der Waals surface area contributed by atoms with Crippen LogP contribution >= 0.6 is 0 Å². The zero-order valence-electron chi connectivity index (χ0n) is 15.7. The van der Waals surface area contributed by atoms with Gasteiger partial charge in [0.05, 0.1) is 0 Å². The lowest BCUT2D eigenvalue weighted by molar-refractivity contribution is -0.122.